The van der Waals surface area contributed by atoms with E-state index < -0.39 is 52.6 Å². The van der Waals surface area contributed by atoms with Crippen molar-refractivity contribution in [3.8, 4) is 0 Å². The lowest BCUT2D eigenvalue weighted by Gasteiger charge is -2.28. The minimum absolute atomic E-state index is 0.482. The summed E-state index contributed by atoms with van der Waals surface area (Å²) in [6, 6.07) is 2.01. The minimum atomic E-state index is -4.85. The fourth-order valence-electron chi connectivity index (χ4n) is 9.20. The first kappa shape index (κ1) is 67.0. The molecule has 0 aliphatic heterocycles. The summed E-state index contributed by atoms with van der Waals surface area (Å²) >= 11 is 0. The quantitative estimate of drug-likeness (QED) is 0.0391. The SMILES string of the molecule is CCCCCCCCCCCC[P+](CCCC)(CCCC)CCCC.CCCCCCCCCCCC[P+](CCCC)(CCCC)CCCC.O=C([O-])c1ccc(C(=O)[O-])c(S(=O)(=O)O)c1. The molecule has 0 aliphatic rings. The molecule has 0 radical (unpaired) electrons. The van der Waals surface area contributed by atoms with E-state index in [-0.39, 0.29) is 0 Å². The molecule has 66 heavy (non-hydrogen) atoms. The maximum atomic E-state index is 10.8. The average Bonchev–Trinajstić information content (AvgIpc) is 3.30. The highest BCUT2D eigenvalue weighted by Crippen LogP contribution is 2.62. The van der Waals surface area contributed by atoms with Crippen LogP contribution in [0, 0.1) is 0 Å². The van der Waals surface area contributed by atoms with Crippen molar-refractivity contribution in [1.82, 2.24) is 0 Å². The predicted octanol–water partition coefficient (Wildman–Crippen LogP) is 16.3. The Bertz CT molecular complexity index is 1290. The van der Waals surface area contributed by atoms with E-state index in [2.05, 4.69) is 55.4 Å². The summed E-state index contributed by atoms with van der Waals surface area (Å²) in [5.41, 5.74) is -1.40. The molecule has 390 valence electrons. The highest BCUT2D eigenvalue weighted by Gasteiger charge is 2.35. The molecule has 0 heterocycles. The van der Waals surface area contributed by atoms with Crippen molar-refractivity contribution in [1.29, 1.82) is 0 Å². The van der Waals surface area contributed by atoms with Gasteiger partial charge in [0.05, 0.1) is 61.2 Å². The van der Waals surface area contributed by atoms with Crippen molar-refractivity contribution in [2.75, 3.05) is 49.3 Å². The smallest absolute Gasteiger partial charge is 0.295 e. The molecular formula is C56H108O7P2S. The first-order valence-corrected chi connectivity index (χ1v) is 34.5. The Labute approximate surface area is 411 Å². The lowest BCUT2D eigenvalue weighted by Crippen LogP contribution is -2.26. The van der Waals surface area contributed by atoms with E-state index in [4.69, 9.17) is 4.55 Å². The molecular weight excluding hydrogens is 879 g/mol. The van der Waals surface area contributed by atoms with Crippen LogP contribution in [0.3, 0.4) is 0 Å². The predicted molar refractivity (Wildman–Crippen MR) is 291 cm³/mol. The van der Waals surface area contributed by atoms with Gasteiger partial charge in [-0.15, -0.1) is 0 Å². The fraction of sp³-hybridized carbons (Fsp3) is 0.857. The second-order valence-corrected chi connectivity index (χ2v) is 30.1. The van der Waals surface area contributed by atoms with Crippen LogP contribution in [0.25, 0.3) is 0 Å². The van der Waals surface area contributed by atoms with Crippen LogP contribution in [0.5, 0.6) is 0 Å². The third-order valence-electron chi connectivity index (χ3n) is 13.6. The zero-order valence-electron chi connectivity index (χ0n) is 44.7. The Morgan fingerprint density at radius 2 is 0.636 bits per heavy atom. The molecule has 1 aromatic rings. The second kappa shape index (κ2) is 45.1. The number of carbonyl (C=O) groups is 2. The summed E-state index contributed by atoms with van der Waals surface area (Å²) in [6.07, 6.45) is 59.9. The molecule has 0 aromatic heterocycles. The van der Waals surface area contributed by atoms with Crippen LogP contribution in [-0.4, -0.2) is 74.2 Å². The summed E-state index contributed by atoms with van der Waals surface area (Å²) < 4.78 is 30.3. The van der Waals surface area contributed by atoms with Crippen molar-refractivity contribution in [2.24, 2.45) is 0 Å². The Kier molecular flexibility index (Phi) is 45.8. The summed E-state index contributed by atoms with van der Waals surface area (Å²) in [5, 5.41) is 20.9. The molecule has 0 aliphatic carbocycles. The topological polar surface area (TPSA) is 135 Å². The highest BCUT2D eigenvalue weighted by molar-refractivity contribution is 7.86. The van der Waals surface area contributed by atoms with Crippen LogP contribution in [0.15, 0.2) is 23.1 Å². The number of hydrogen-bond donors (Lipinski definition) is 1. The van der Waals surface area contributed by atoms with Gasteiger partial charge < -0.3 is 19.8 Å². The van der Waals surface area contributed by atoms with Crippen molar-refractivity contribution in [3.63, 3.8) is 0 Å². The molecule has 0 saturated carbocycles. The number of carboxylic acid groups (broad SMARTS) is 2. The molecule has 1 N–H and O–H groups in total. The van der Waals surface area contributed by atoms with Gasteiger partial charge in [-0.2, -0.15) is 8.42 Å². The van der Waals surface area contributed by atoms with E-state index in [0.29, 0.717) is 12.1 Å². The molecule has 7 nitrogen and oxygen atoms in total. The van der Waals surface area contributed by atoms with E-state index in [1.807, 2.05) is 0 Å². The van der Waals surface area contributed by atoms with Crippen LogP contribution in [-0.2, 0) is 10.1 Å². The molecule has 0 bridgehead atoms. The van der Waals surface area contributed by atoms with E-state index >= 15 is 0 Å². The molecule has 0 fully saturated rings. The van der Waals surface area contributed by atoms with Gasteiger partial charge in [0.25, 0.3) is 10.1 Å². The summed E-state index contributed by atoms with van der Waals surface area (Å²) in [7, 11) is -6.09. The summed E-state index contributed by atoms with van der Waals surface area (Å²) in [4.78, 5) is 19.9. The molecule has 10 heteroatoms. The van der Waals surface area contributed by atoms with Crippen molar-refractivity contribution in [2.45, 2.75) is 266 Å². The normalized spacial score (nSPS) is 11.8. The standard InChI is InChI=1S/2C24H52P.C8H6O7S/c2*1-5-9-13-14-15-16-17-18-19-20-24-25(21-10-6-2,22-11-7-3)23-12-8-4;9-7(10)4-1-2-5(8(11)12)6(3-4)16(13,14)15/h2*5-24H2,1-4H3;1-3H,(H,9,10)(H,11,12)(H,13,14,15)/q2*+1;/p-2. The van der Waals surface area contributed by atoms with Gasteiger partial charge in [0, 0.05) is 20.1 Å². The van der Waals surface area contributed by atoms with Crippen LogP contribution in [0.2, 0.25) is 0 Å². The minimum Gasteiger partial charge on any atom is -0.545 e. The van der Waals surface area contributed by atoms with E-state index in [0.717, 1.165) is 6.07 Å². The largest absolute Gasteiger partial charge is 0.545 e. The number of carboxylic acids is 2. The first-order valence-electron chi connectivity index (χ1n) is 28.0. The van der Waals surface area contributed by atoms with Gasteiger partial charge in [0.2, 0.25) is 0 Å². The Hall–Kier alpha value is -1.07. The maximum absolute atomic E-state index is 10.8. The zero-order chi connectivity index (χ0) is 49.8. The van der Waals surface area contributed by atoms with Gasteiger partial charge in [-0.3, -0.25) is 4.55 Å². The van der Waals surface area contributed by atoms with E-state index in [1.165, 1.54) is 193 Å². The zero-order valence-corrected chi connectivity index (χ0v) is 47.3. The number of aromatic carboxylic acids is 2. The second-order valence-electron chi connectivity index (χ2n) is 19.7. The molecule has 0 atom stereocenters. The number of carbonyl (C=O) groups excluding carboxylic acids is 2. The number of benzene rings is 1. The lowest BCUT2D eigenvalue weighted by molar-refractivity contribution is -0.256. The summed E-state index contributed by atoms with van der Waals surface area (Å²) in [6.45, 7) is 18.9. The van der Waals surface area contributed by atoms with Crippen molar-refractivity contribution < 1.29 is 32.8 Å². The lowest BCUT2D eigenvalue weighted by atomic mass is 10.1. The molecule has 0 spiro atoms. The molecule has 0 unspecified atom stereocenters. The van der Waals surface area contributed by atoms with Gasteiger partial charge in [0.1, 0.15) is 4.90 Å². The van der Waals surface area contributed by atoms with E-state index in [1.54, 1.807) is 62.1 Å². The third kappa shape index (κ3) is 36.0. The van der Waals surface area contributed by atoms with Gasteiger partial charge in [-0.1, -0.05) is 209 Å². The third-order valence-corrected chi connectivity index (χ3v) is 24.6. The van der Waals surface area contributed by atoms with Crippen LogP contribution >= 0.6 is 14.5 Å². The molecule has 1 aromatic carbocycles. The highest BCUT2D eigenvalue weighted by atomic mass is 32.2. The van der Waals surface area contributed by atoms with Crippen molar-refractivity contribution >= 4 is 36.6 Å². The van der Waals surface area contributed by atoms with Gasteiger partial charge in [0.15, 0.2) is 0 Å². The van der Waals surface area contributed by atoms with Crippen molar-refractivity contribution in [3.05, 3.63) is 29.3 Å². The van der Waals surface area contributed by atoms with Gasteiger partial charge in [-0.05, 0) is 75.8 Å². The van der Waals surface area contributed by atoms with Crippen LogP contribution in [0.4, 0.5) is 0 Å². The Balaban J connectivity index is 0. The monoisotopic (exact) mass is 987 g/mol. The van der Waals surface area contributed by atoms with Crippen LogP contribution in [0.1, 0.15) is 282 Å². The van der Waals surface area contributed by atoms with Gasteiger partial charge in [-0.25, -0.2) is 0 Å². The number of hydrogen-bond acceptors (Lipinski definition) is 6. The molecule has 1 rings (SSSR count). The first-order chi connectivity index (χ1) is 31.7. The van der Waals surface area contributed by atoms with E-state index in [9.17, 15) is 28.2 Å². The summed E-state index contributed by atoms with van der Waals surface area (Å²) in [5.74, 6) is -3.55. The number of rotatable bonds is 43. The molecule has 0 saturated heterocycles. The Morgan fingerprint density at radius 1 is 0.394 bits per heavy atom. The fourth-order valence-corrected chi connectivity index (χ4v) is 20.3. The maximum Gasteiger partial charge on any atom is 0.295 e. The average molecular weight is 987 g/mol. The number of unbranched alkanes of at least 4 members (excludes halogenated alkanes) is 24. The Morgan fingerprint density at radius 3 is 0.864 bits per heavy atom. The molecule has 0 amide bonds. The van der Waals surface area contributed by atoms with Gasteiger partial charge >= 0.3 is 0 Å². The van der Waals surface area contributed by atoms with Crippen LogP contribution < -0.4 is 10.2 Å².